The Morgan fingerprint density at radius 1 is 1.20 bits per heavy atom. The molecule has 0 aromatic carbocycles. The zero-order chi connectivity index (χ0) is 10.3. The van der Waals surface area contributed by atoms with Crippen LogP contribution in [0.3, 0.4) is 0 Å². The highest BCUT2D eigenvalue weighted by atomic mass is 16.3. The summed E-state index contributed by atoms with van der Waals surface area (Å²) < 4.78 is 0. The van der Waals surface area contributed by atoms with E-state index in [4.69, 9.17) is 0 Å². The minimum absolute atomic E-state index is 0.256. The maximum atomic E-state index is 9.51. The molecule has 0 aromatic heterocycles. The minimum Gasteiger partial charge on any atom is -0.395 e. The molecule has 0 heterocycles. The Bertz CT molecular complexity index is 407. The van der Waals surface area contributed by atoms with Crippen LogP contribution >= 0.6 is 0 Å². The molecular weight excluding hydrogens is 184 g/mol. The van der Waals surface area contributed by atoms with Crippen molar-refractivity contribution in [3.63, 3.8) is 0 Å². The number of hydrogen-bond donors (Lipinski definition) is 1. The molecule has 1 atom stereocenters. The van der Waals surface area contributed by atoms with Gasteiger partial charge in [-0.3, -0.25) is 0 Å². The minimum atomic E-state index is 0.256. The Labute approximate surface area is 90.5 Å². The van der Waals surface area contributed by atoms with Gasteiger partial charge in [-0.25, -0.2) is 0 Å². The van der Waals surface area contributed by atoms with E-state index in [1.54, 1.807) is 0 Å². The van der Waals surface area contributed by atoms with Gasteiger partial charge in [0.1, 0.15) is 0 Å². The molecule has 1 heteroatoms. The second-order valence-corrected chi connectivity index (χ2v) is 4.46. The summed E-state index contributed by atoms with van der Waals surface area (Å²) in [5, 5.41) is 9.51. The fraction of sp³-hybridized carbons (Fsp3) is 0.429. The summed E-state index contributed by atoms with van der Waals surface area (Å²) in [5.74, 6) is 0.267. The van der Waals surface area contributed by atoms with Crippen molar-refractivity contribution in [2.75, 3.05) is 6.61 Å². The van der Waals surface area contributed by atoms with Gasteiger partial charge in [-0.2, -0.15) is 0 Å². The van der Waals surface area contributed by atoms with E-state index in [2.05, 4.69) is 24.3 Å². The molecule has 0 aliphatic heterocycles. The van der Waals surface area contributed by atoms with Crippen molar-refractivity contribution in [2.24, 2.45) is 5.92 Å². The number of hydrogen-bond acceptors (Lipinski definition) is 1. The monoisotopic (exact) mass is 200 g/mol. The van der Waals surface area contributed by atoms with Gasteiger partial charge >= 0.3 is 0 Å². The Kier molecular flexibility index (Phi) is 2.14. The molecule has 0 spiro atoms. The van der Waals surface area contributed by atoms with Crippen LogP contribution in [0.1, 0.15) is 25.7 Å². The van der Waals surface area contributed by atoms with Gasteiger partial charge in [0.2, 0.25) is 0 Å². The van der Waals surface area contributed by atoms with E-state index in [1.165, 1.54) is 22.3 Å². The largest absolute Gasteiger partial charge is 0.395 e. The summed E-state index contributed by atoms with van der Waals surface area (Å²) in [6.07, 6.45) is 13.8. The molecule has 15 heavy (non-hydrogen) atoms. The molecule has 78 valence electrons. The average Bonchev–Trinajstić information content (AvgIpc) is 2.63. The highest BCUT2D eigenvalue weighted by Crippen LogP contribution is 2.46. The molecule has 0 fully saturated rings. The van der Waals surface area contributed by atoms with E-state index in [1.807, 2.05) is 0 Å². The van der Waals surface area contributed by atoms with Gasteiger partial charge in [-0.05, 0) is 48.0 Å². The molecule has 3 aliphatic carbocycles. The zero-order valence-corrected chi connectivity index (χ0v) is 8.87. The third-order valence-electron chi connectivity index (χ3n) is 3.66. The molecule has 0 bridgehead atoms. The van der Waals surface area contributed by atoms with Crippen LogP contribution in [0.4, 0.5) is 0 Å². The Balaban J connectivity index is 2.11. The Morgan fingerprint density at radius 2 is 2.07 bits per heavy atom. The quantitative estimate of drug-likeness (QED) is 0.690. The fourth-order valence-corrected chi connectivity index (χ4v) is 2.99. The zero-order valence-electron chi connectivity index (χ0n) is 8.87. The van der Waals surface area contributed by atoms with Gasteiger partial charge in [-0.15, -0.1) is 0 Å². The first-order valence-electron chi connectivity index (χ1n) is 5.83. The molecular formula is C14H16O. The van der Waals surface area contributed by atoms with E-state index >= 15 is 0 Å². The van der Waals surface area contributed by atoms with Gasteiger partial charge in [0.25, 0.3) is 0 Å². The Hall–Kier alpha value is -1.08. The van der Waals surface area contributed by atoms with Gasteiger partial charge in [-0.1, -0.05) is 24.3 Å². The highest BCUT2D eigenvalue weighted by Gasteiger charge is 2.33. The van der Waals surface area contributed by atoms with Gasteiger partial charge in [0.05, 0.1) is 6.61 Å². The molecule has 1 unspecified atom stereocenters. The first kappa shape index (κ1) is 9.17. The van der Waals surface area contributed by atoms with Crippen LogP contribution in [0.2, 0.25) is 0 Å². The van der Waals surface area contributed by atoms with Crippen molar-refractivity contribution in [3.8, 4) is 0 Å². The van der Waals surface area contributed by atoms with E-state index in [9.17, 15) is 5.11 Å². The van der Waals surface area contributed by atoms with Crippen LogP contribution in [0.5, 0.6) is 0 Å². The lowest BCUT2D eigenvalue weighted by Crippen LogP contribution is -2.08. The lowest BCUT2D eigenvalue weighted by molar-refractivity contribution is 0.267. The lowest BCUT2D eigenvalue weighted by Gasteiger charge is -2.14. The predicted molar refractivity (Wildman–Crippen MR) is 61.4 cm³/mol. The lowest BCUT2D eigenvalue weighted by atomic mass is 9.91. The normalized spacial score (nSPS) is 28.5. The number of allylic oxidation sites excluding steroid dienone is 6. The molecule has 1 nitrogen and oxygen atoms in total. The predicted octanol–water partition coefficient (Wildman–Crippen LogP) is 2.90. The fourth-order valence-electron chi connectivity index (χ4n) is 2.99. The van der Waals surface area contributed by atoms with Gasteiger partial charge < -0.3 is 5.11 Å². The molecule has 0 amide bonds. The van der Waals surface area contributed by atoms with Crippen molar-refractivity contribution < 1.29 is 5.11 Å². The third kappa shape index (κ3) is 1.26. The Morgan fingerprint density at radius 3 is 2.93 bits per heavy atom. The number of fused-ring (bicyclic) bond motifs is 2. The SMILES string of the molecule is OCC1C2=CCCC=C2C2=C1C=CCC2. The molecule has 0 saturated carbocycles. The summed E-state index contributed by atoms with van der Waals surface area (Å²) in [6, 6.07) is 0. The first-order chi connectivity index (χ1) is 7.42. The summed E-state index contributed by atoms with van der Waals surface area (Å²) in [6.45, 7) is 0.256. The van der Waals surface area contributed by atoms with Crippen molar-refractivity contribution in [1.29, 1.82) is 0 Å². The molecule has 0 radical (unpaired) electrons. The molecule has 3 aliphatic rings. The number of aliphatic hydroxyl groups excluding tert-OH is 1. The third-order valence-corrected chi connectivity index (χ3v) is 3.66. The molecule has 1 N–H and O–H groups in total. The van der Waals surface area contributed by atoms with Crippen molar-refractivity contribution in [1.82, 2.24) is 0 Å². The highest BCUT2D eigenvalue weighted by molar-refractivity contribution is 5.63. The van der Waals surface area contributed by atoms with Crippen LogP contribution in [0.25, 0.3) is 0 Å². The number of rotatable bonds is 1. The van der Waals surface area contributed by atoms with Crippen molar-refractivity contribution >= 4 is 0 Å². The van der Waals surface area contributed by atoms with Crippen LogP contribution < -0.4 is 0 Å². The smallest absolute Gasteiger partial charge is 0.0540 e. The van der Waals surface area contributed by atoms with E-state index in [0.29, 0.717) is 0 Å². The van der Waals surface area contributed by atoms with Gasteiger partial charge in [0.15, 0.2) is 0 Å². The summed E-state index contributed by atoms with van der Waals surface area (Å²) in [7, 11) is 0. The summed E-state index contributed by atoms with van der Waals surface area (Å²) in [4.78, 5) is 0. The van der Waals surface area contributed by atoms with Crippen LogP contribution in [-0.4, -0.2) is 11.7 Å². The van der Waals surface area contributed by atoms with Crippen molar-refractivity contribution in [3.05, 3.63) is 46.6 Å². The topological polar surface area (TPSA) is 20.2 Å². The van der Waals surface area contributed by atoms with Crippen LogP contribution in [-0.2, 0) is 0 Å². The standard InChI is InChI=1S/C14H16O/c15-9-14-12-7-3-1-5-10(12)11-6-2-4-8-13(11)14/h3,6-8,14-15H,1-2,4-5,9H2. The maximum Gasteiger partial charge on any atom is 0.0540 e. The summed E-state index contributed by atoms with van der Waals surface area (Å²) in [5.41, 5.74) is 5.71. The number of aliphatic hydroxyl groups is 1. The molecule has 3 rings (SSSR count). The molecule has 0 saturated heterocycles. The van der Waals surface area contributed by atoms with E-state index in [0.717, 1.165) is 25.7 Å². The van der Waals surface area contributed by atoms with Crippen LogP contribution in [0.15, 0.2) is 46.6 Å². The first-order valence-corrected chi connectivity index (χ1v) is 5.83. The average molecular weight is 200 g/mol. The molecule has 0 aromatic rings. The van der Waals surface area contributed by atoms with Gasteiger partial charge in [0, 0.05) is 5.92 Å². The second kappa shape index (κ2) is 3.49. The van der Waals surface area contributed by atoms with E-state index < -0.39 is 0 Å². The summed E-state index contributed by atoms with van der Waals surface area (Å²) >= 11 is 0. The second-order valence-electron chi connectivity index (χ2n) is 4.46. The van der Waals surface area contributed by atoms with Crippen LogP contribution in [0, 0.1) is 5.92 Å². The van der Waals surface area contributed by atoms with Crippen molar-refractivity contribution in [2.45, 2.75) is 25.7 Å². The van der Waals surface area contributed by atoms with E-state index in [-0.39, 0.29) is 12.5 Å². The maximum absolute atomic E-state index is 9.51.